The molecule has 0 saturated carbocycles. The smallest absolute Gasteiger partial charge is 0.0601 e. The van der Waals surface area contributed by atoms with E-state index in [1.165, 1.54) is 0 Å². The molecule has 72 valence electrons. The Hall–Kier alpha value is -0.420. The first-order chi connectivity index (χ1) is 6.15. The lowest BCUT2D eigenvalue weighted by molar-refractivity contribution is 0.250. The van der Waals surface area contributed by atoms with E-state index in [1.54, 1.807) is 0 Å². The summed E-state index contributed by atoms with van der Waals surface area (Å²) in [6, 6.07) is 6.88. The zero-order chi connectivity index (χ0) is 9.84. The predicted octanol–water partition coefficient (Wildman–Crippen LogP) is 0.769. The second kappa shape index (κ2) is 4.72. The lowest BCUT2D eigenvalue weighted by Gasteiger charge is -2.17. The van der Waals surface area contributed by atoms with Crippen LogP contribution >= 0.6 is 15.9 Å². The highest BCUT2D eigenvalue weighted by atomic mass is 79.9. The van der Waals surface area contributed by atoms with Gasteiger partial charge in [0, 0.05) is 16.6 Å². The summed E-state index contributed by atoms with van der Waals surface area (Å²) in [6.07, 6.45) is 0. The molecule has 0 fully saturated rings. The summed E-state index contributed by atoms with van der Waals surface area (Å²) in [5.41, 5.74) is 12.3. The molecule has 3 nitrogen and oxygen atoms in total. The van der Waals surface area contributed by atoms with Crippen LogP contribution in [0.3, 0.4) is 0 Å². The minimum Gasteiger partial charge on any atom is -0.395 e. The van der Waals surface area contributed by atoms with Crippen LogP contribution in [0.1, 0.15) is 11.6 Å². The highest BCUT2D eigenvalue weighted by Crippen LogP contribution is 2.17. The van der Waals surface area contributed by atoms with Crippen LogP contribution in [0.5, 0.6) is 0 Å². The van der Waals surface area contributed by atoms with E-state index in [-0.39, 0.29) is 12.6 Å². The molecule has 0 aliphatic heterocycles. The van der Waals surface area contributed by atoms with Gasteiger partial charge in [-0.25, -0.2) is 0 Å². The molecule has 1 aromatic rings. The van der Waals surface area contributed by atoms with Crippen molar-refractivity contribution in [2.24, 2.45) is 11.5 Å². The monoisotopic (exact) mass is 244 g/mol. The topological polar surface area (TPSA) is 72.3 Å². The van der Waals surface area contributed by atoms with E-state index in [0.717, 1.165) is 10.0 Å². The maximum Gasteiger partial charge on any atom is 0.0601 e. The summed E-state index contributed by atoms with van der Waals surface area (Å²) in [5, 5.41) is 8.82. The third-order valence-corrected chi connectivity index (χ3v) is 2.40. The van der Waals surface area contributed by atoms with Gasteiger partial charge < -0.3 is 16.6 Å². The summed E-state index contributed by atoms with van der Waals surface area (Å²) < 4.78 is 0.964. The highest BCUT2D eigenvalue weighted by Gasteiger charge is 2.13. The Bertz CT molecular complexity index is 280. The Labute approximate surface area is 85.9 Å². The van der Waals surface area contributed by atoms with Crippen LogP contribution in [0.25, 0.3) is 0 Å². The van der Waals surface area contributed by atoms with Gasteiger partial charge >= 0.3 is 0 Å². The fraction of sp³-hybridized carbons (Fsp3) is 0.333. The minimum atomic E-state index is -0.408. The van der Waals surface area contributed by atoms with E-state index in [9.17, 15) is 0 Å². The van der Waals surface area contributed by atoms with Crippen LogP contribution in [0.4, 0.5) is 0 Å². The maximum atomic E-state index is 8.82. The molecule has 1 aromatic carbocycles. The molecule has 2 unspecified atom stereocenters. The third-order valence-electron chi connectivity index (χ3n) is 1.91. The molecule has 0 bridgehead atoms. The van der Waals surface area contributed by atoms with Gasteiger partial charge in [-0.2, -0.15) is 0 Å². The van der Waals surface area contributed by atoms with Gasteiger partial charge in [-0.1, -0.05) is 28.1 Å². The zero-order valence-electron chi connectivity index (χ0n) is 7.15. The standard InChI is InChI=1S/C9H13BrN2O/c10-7-3-1-2-6(4-7)9(12)8(11)5-13/h1-4,8-9,13H,5,11-12H2. The SMILES string of the molecule is NC(CO)C(N)c1cccc(Br)c1. The number of aliphatic hydroxyl groups is 1. The summed E-state index contributed by atoms with van der Waals surface area (Å²) in [7, 11) is 0. The summed E-state index contributed by atoms with van der Waals surface area (Å²) in [6.45, 7) is -0.103. The van der Waals surface area contributed by atoms with E-state index in [1.807, 2.05) is 24.3 Å². The zero-order valence-corrected chi connectivity index (χ0v) is 8.74. The Balaban J connectivity index is 2.82. The van der Waals surface area contributed by atoms with Crippen molar-refractivity contribution in [3.63, 3.8) is 0 Å². The molecule has 0 aromatic heterocycles. The summed E-state index contributed by atoms with van der Waals surface area (Å²) in [4.78, 5) is 0. The first-order valence-electron chi connectivity index (χ1n) is 4.02. The van der Waals surface area contributed by atoms with Gasteiger partial charge in [0.2, 0.25) is 0 Å². The van der Waals surface area contributed by atoms with Crippen LogP contribution in [0, 0.1) is 0 Å². The van der Waals surface area contributed by atoms with Crippen molar-refractivity contribution in [2.45, 2.75) is 12.1 Å². The fourth-order valence-electron chi connectivity index (χ4n) is 1.07. The van der Waals surface area contributed by atoms with Crippen LogP contribution in [0.15, 0.2) is 28.7 Å². The molecule has 0 aliphatic rings. The van der Waals surface area contributed by atoms with Gasteiger partial charge in [0.15, 0.2) is 0 Å². The van der Waals surface area contributed by atoms with Crippen molar-refractivity contribution >= 4 is 15.9 Å². The quantitative estimate of drug-likeness (QED) is 0.736. The number of nitrogens with two attached hydrogens (primary N) is 2. The average molecular weight is 245 g/mol. The van der Waals surface area contributed by atoms with Gasteiger partial charge in [0.1, 0.15) is 0 Å². The molecule has 0 saturated heterocycles. The molecule has 0 heterocycles. The van der Waals surface area contributed by atoms with Crippen molar-refractivity contribution in [3.8, 4) is 0 Å². The number of aliphatic hydroxyl groups excluding tert-OH is 1. The van der Waals surface area contributed by atoms with E-state index in [0.29, 0.717) is 0 Å². The van der Waals surface area contributed by atoms with Gasteiger partial charge in [0.05, 0.1) is 6.61 Å². The largest absolute Gasteiger partial charge is 0.395 e. The molecule has 0 amide bonds. The minimum absolute atomic E-state index is 0.103. The maximum absolute atomic E-state index is 8.82. The Kier molecular flexibility index (Phi) is 3.87. The summed E-state index contributed by atoms with van der Waals surface area (Å²) >= 11 is 3.34. The molecule has 4 heteroatoms. The third kappa shape index (κ3) is 2.77. The molecular formula is C9H13BrN2O. The van der Waals surface area contributed by atoms with Gasteiger partial charge in [-0.05, 0) is 17.7 Å². The van der Waals surface area contributed by atoms with Crippen molar-refractivity contribution < 1.29 is 5.11 Å². The second-order valence-electron chi connectivity index (χ2n) is 2.93. The van der Waals surface area contributed by atoms with E-state index < -0.39 is 6.04 Å². The molecule has 0 spiro atoms. The number of halogens is 1. The molecular weight excluding hydrogens is 232 g/mol. The Morgan fingerprint density at radius 1 is 1.38 bits per heavy atom. The van der Waals surface area contributed by atoms with E-state index in [2.05, 4.69) is 15.9 Å². The van der Waals surface area contributed by atoms with Gasteiger partial charge in [0.25, 0.3) is 0 Å². The predicted molar refractivity (Wildman–Crippen MR) is 56.1 cm³/mol. The fourth-order valence-corrected chi connectivity index (χ4v) is 1.49. The van der Waals surface area contributed by atoms with Crippen LogP contribution < -0.4 is 11.5 Å². The lowest BCUT2D eigenvalue weighted by atomic mass is 10.0. The molecule has 13 heavy (non-hydrogen) atoms. The van der Waals surface area contributed by atoms with Gasteiger partial charge in [-0.15, -0.1) is 0 Å². The second-order valence-corrected chi connectivity index (χ2v) is 3.84. The molecule has 0 aliphatic carbocycles. The molecule has 1 rings (SSSR count). The number of hydrogen-bond acceptors (Lipinski definition) is 3. The van der Waals surface area contributed by atoms with Gasteiger partial charge in [-0.3, -0.25) is 0 Å². The van der Waals surface area contributed by atoms with Crippen LogP contribution in [-0.4, -0.2) is 17.8 Å². The van der Waals surface area contributed by atoms with Crippen molar-refractivity contribution in [3.05, 3.63) is 34.3 Å². The number of rotatable bonds is 3. The number of hydrogen-bond donors (Lipinski definition) is 3. The molecule has 2 atom stereocenters. The van der Waals surface area contributed by atoms with Crippen LogP contribution in [-0.2, 0) is 0 Å². The molecule has 5 N–H and O–H groups in total. The Morgan fingerprint density at radius 3 is 2.62 bits per heavy atom. The van der Waals surface area contributed by atoms with Crippen molar-refractivity contribution in [1.82, 2.24) is 0 Å². The summed E-state index contributed by atoms with van der Waals surface area (Å²) in [5.74, 6) is 0. The first-order valence-corrected chi connectivity index (χ1v) is 4.82. The van der Waals surface area contributed by atoms with Crippen molar-refractivity contribution in [1.29, 1.82) is 0 Å². The molecule has 0 radical (unpaired) electrons. The normalized spacial score (nSPS) is 15.4. The number of benzene rings is 1. The van der Waals surface area contributed by atoms with Crippen molar-refractivity contribution in [2.75, 3.05) is 6.61 Å². The van der Waals surface area contributed by atoms with E-state index in [4.69, 9.17) is 16.6 Å². The van der Waals surface area contributed by atoms with Crippen LogP contribution in [0.2, 0.25) is 0 Å². The average Bonchev–Trinajstić information content (AvgIpc) is 2.15. The lowest BCUT2D eigenvalue weighted by Crippen LogP contribution is -2.37. The first kappa shape index (κ1) is 10.7. The van der Waals surface area contributed by atoms with E-state index >= 15 is 0 Å². The Morgan fingerprint density at radius 2 is 2.08 bits per heavy atom. The highest BCUT2D eigenvalue weighted by molar-refractivity contribution is 9.10.